The Morgan fingerprint density at radius 2 is 2.04 bits per heavy atom. The maximum absolute atomic E-state index is 11.1. The number of carbonyl (C=O) groups is 1. The minimum Gasteiger partial charge on any atom is -0.482 e. The fourth-order valence-corrected chi connectivity index (χ4v) is 2.93. The monoisotopic (exact) mass is 391 g/mol. The van der Waals surface area contributed by atoms with Gasteiger partial charge >= 0.3 is 5.97 Å². The molecule has 0 spiro atoms. The zero-order valence-electron chi connectivity index (χ0n) is 15.9. The number of hydrogen-bond donors (Lipinski definition) is 2. The SMILES string of the molecule is COC(=O)COc1ccc(CC(C)NCC(O)c2cccc(Cl)c2)c(C)c1. The number of ether oxygens (including phenoxy) is 2. The quantitative estimate of drug-likeness (QED) is 0.641. The molecule has 2 rings (SSSR count). The van der Waals surface area contributed by atoms with Gasteiger partial charge in [0, 0.05) is 17.6 Å². The lowest BCUT2D eigenvalue weighted by Crippen LogP contribution is -2.32. The van der Waals surface area contributed by atoms with Gasteiger partial charge in [0.05, 0.1) is 13.2 Å². The smallest absolute Gasteiger partial charge is 0.343 e. The minimum absolute atomic E-state index is 0.103. The van der Waals surface area contributed by atoms with Gasteiger partial charge in [-0.15, -0.1) is 0 Å². The zero-order valence-corrected chi connectivity index (χ0v) is 16.6. The van der Waals surface area contributed by atoms with Crippen LogP contribution in [0.25, 0.3) is 0 Å². The van der Waals surface area contributed by atoms with Crippen molar-refractivity contribution >= 4 is 17.6 Å². The summed E-state index contributed by atoms with van der Waals surface area (Å²) in [6, 6.07) is 13.2. The summed E-state index contributed by atoms with van der Waals surface area (Å²) in [6.07, 6.45) is 0.201. The summed E-state index contributed by atoms with van der Waals surface area (Å²) in [7, 11) is 1.33. The molecule has 0 heterocycles. The Hall–Kier alpha value is -2.08. The highest BCUT2D eigenvalue weighted by Gasteiger charge is 2.12. The molecule has 0 aliphatic rings. The van der Waals surface area contributed by atoms with E-state index in [2.05, 4.69) is 17.0 Å². The molecule has 6 heteroatoms. The molecular formula is C21H26ClNO4. The van der Waals surface area contributed by atoms with Gasteiger partial charge in [0.2, 0.25) is 0 Å². The van der Waals surface area contributed by atoms with Crippen LogP contribution in [-0.2, 0) is 16.0 Å². The highest BCUT2D eigenvalue weighted by atomic mass is 35.5. The summed E-state index contributed by atoms with van der Waals surface area (Å²) in [4.78, 5) is 11.1. The van der Waals surface area contributed by atoms with Gasteiger partial charge in [0.25, 0.3) is 0 Å². The van der Waals surface area contributed by atoms with Crippen LogP contribution in [0.15, 0.2) is 42.5 Å². The number of methoxy groups -OCH3 is 1. The van der Waals surface area contributed by atoms with Crippen molar-refractivity contribution in [2.24, 2.45) is 0 Å². The maximum atomic E-state index is 11.1. The van der Waals surface area contributed by atoms with Crippen LogP contribution < -0.4 is 10.1 Å². The molecule has 5 nitrogen and oxygen atoms in total. The van der Waals surface area contributed by atoms with E-state index in [-0.39, 0.29) is 12.6 Å². The Bertz CT molecular complexity index is 766. The summed E-state index contributed by atoms with van der Waals surface area (Å²) in [5, 5.41) is 14.3. The number of carbonyl (C=O) groups excluding carboxylic acids is 1. The molecule has 0 fully saturated rings. The van der Waals surface area contributed by atoms with Gasteiger partial charge in [0.1, 0.15) is 5.75 Å². The fraction of sp³-hybridized carbons (Fsp3) is 0.381. The van der Waals surface area contributed by atoms with E-state index in [0.29, 0.717) is 17.3 Å². The van der Waals surface area contributed by atoms with Crippen LogP contribution >= 0.6 is 11.6 Å². The van der Waals surface area contributed by atoms with Gasteiger partial charge in [0.15, 0.2) is 6.61 Å². The predicted molar refractivity (Wildman–Crippen MR) is 106 cm³/mol. The highest BCUT2D eigenvalue weighted by molar-refractivity contribution is 6.30. The van der Waals surface area contributed by atoms with Crippen LogP contribution in [0.1, 0.15) is 29.7 Å². The standard InChI is InChI=1S/C21H26ClNO4/c1-14-9-19(27-13-21(25)26-3)8-7-16(14)10-15(2)23-12-20(24)17-5-4-6-18(22)11-17/h4-9,11,15,20,23-24H,10,12-13H2,1-3H3. The number of benzene rings is 2. The molecule has 2 aromatic rings. The minimum atomic E-state index is -0.610. The Morgan fingerprint density at radius 1 is 1.26 bits per heavy atom. The van der Waals surface area contributed by atoms with Crippen molar-refractivity contribution in [3.63, 3.8) is 0 Å². The van der Waals surface area contributed by atoms with Gasteiger partial charge in [-0.2, -0.15) is 0 Å². The zero-order chi connectivity index (χ0) is 19.8. The molecule has 27 heavy (non-hydrogen) atoms. The summed E-state index contributed by atoms with van der Waals surface area (Å²) in [5.74, 6) is 0.228. The van der Waals surface area contributed by atoms with E-state index in [0.717, 1.165) is 17.5 Å². The van der Waals surface area contributed by atoms with Crippen LogP contribution in [-0.4, -0.2) is 37.4 Å². The van der Waals surface area contributed by atoms with E-state index >= 15 is 0 Å². The molecule has 0 amide bonds. The second-order valence-corrected chi connectivity index (χ2v) is 6.97. The normalized spacial score (nSPS) is 13.1. The van der Waals surface area contributed by atoms with Gasteiger partial charge in [-0.3, -0.25) is 0 Å². The van der Waals surface area contributed by atoms with Crippen molar-refractivity contribution in [1.82, 2.24) is 5.32 Å². The number of aliphatic hydroxyl groups is 1. The van der Waals surface area contributed by atoms with Crippen molar-refractivity contribution in [2.45, 2.75) is 32.4 Å². The summed E-state index contributed by atoms with van der Waals surface area (Å²) in [5.41, 5.74) is 3.06. The molecule has 0 aliphatic heterocycles. The molecule has 2 atom stereocenters. The molecule has 0 bridgehead atoms. The fourth-order valence-electron chi connectivity index (χ4n) is 2.73. The number of esters is 1. The van der Waals surface area contributed by atoms with Crippen LogP contribution in [0.2, 0.25) is 5.02 Å². The number of halogens is 1. The Labute approximate surface area is 165 Å². The van der Waals surface area contributed by atoms with Crippen molar-refractivity contribution < 1.29 is 19.4 Å². The molecule has 2 unspecified atom stereocenters. The summed E-state index contributed by atoms with van der Waals surface area (Å²) in [6.45, 7) is 4.43. The molecule has 0 saturated heterocycles. The van der Waals surface area contributed by atoms with Gasteiger partial charge < -0.3 is 19.9 Å². The van der Waals surface area contributed by atoms with Crippen molar-refractivity contribution in [3.8, 4) is 5.75 Å². The van der Waals surface area contributed by atoms with Crippen molar-refractivity contribution in [2.75, 3.05) is 20.3 Å². The molecule has 146 valence electrons. The number of aryl methyl sites for hydroxylation is 1. The molecule has 0 radical (unpaired) electrons. The number of nitrogens with one attached hydrogen (secondary N) is 1. The van der Waals surface area contributed by atoms with E-state index in [1.165, 1.54) is 12.7 Å². The first kappa shape index (κ1) is 21.2. The van der Waals surface area contributed by atoms with E-state index in [9.17, 15) is 9.90 Å². The third-order valence-electron chi connectivity index (χ3n) is 4.32. The van der Waals surface area contributed by atoms with Crippen LogP contribution in [0.4, 0.5) is 0 Å². The van der Waals surface area contributed by atoms with Gasteiger partial charge in [-0.05, 0) is 61.2 Å². The third-order valence-corrected chi connectivity index (χ3v) is 4.55. The Balaban J connectivity index is 1.86. The second kappa shape index (κ2) is 10.3. The number of hydrogen-bond acceptors (Lipinski definition) is 5. The number of rotatable bonds is 9. The van der Waals surface area contributed by atoms with E-state index in [1.54, 1.807) is 12.1 Å². The average Bonchev–Trinajstić information content (AvgIpc) is 2.66. The molecule has 0 aromatic heterocycles. The lowest BCUT2D eigenvalue weighted by molar-refractivity contribution is -0.142. The molecular weight excluding hydrogens is 366 g/mol. The average molecular weight is 392 g/mol. The molecule has 0 aliphatic carbocycles. The third kappa shape index (κ3) is 6.86. The van der Waals surface area contributed by atoms with Crippen molar-refractivity contribution in [3.05, 3.63) is 64.2 Å². The molecule has 2 N–H and O–H groups in total. The maximum Gasteiger partial charge on any atom is 0.343 e. The number of aliphatic hydroxyl groups excluding tert-OH is 1. The lowest BCUT2D eigenvalue weighted by atomic mass is 10.0. The molecule has 0 saturated carbocycles. The second-order valence-electron chi connectivity index (χ2n) is 6.54. The largest absolute Gasteiger partial charge is 0.482 e. The first-order valence-electron chi connectivity index (χ1n) is 8.85. The van der Waals surface area contributed by atoms with Crippen LogP contribution in [0, 0.1) is 6.92 Å². The van der Waals surface area contributed by atoms with E-state index in [1.807, 2.05) is 37.3 Å². The Morgan fingerprint density at radius 3 is 2.70 bits per heavy atom. The van der Waals surface area contributed by atoms with E-state index < -0.39 is 12.1 Å². The summed E-state index contributed by atoms with van der Waals surface area (Å²) >= 11 is 5.97. The van der Waals surface area contributed by atoms with Crippen molar-refractivity contribution in [1.29, 1.82) is 0 Å². The lowest BCUT2D eigenvalue weighted by Gasteiger charge is -2.19. The first-order chi connectivity index (χ1) is 12.9. The molecule has 2 aromatic carbocycles. The van der Waals surface area contributed by atoms with Crippen LogP contribution in [0.5, 0.6) is 5.75 Å². The Kier molecular flexibility index (Phi) is 8.10. The summed E-state index contributed by atoms with van der Waals surface area (Å²) < 4.78 is 9.97. The van der Waals surface area contributed by atoms with Crippen LogP contribution in [0.3, 0.4) is 0 Å². The highest BCUT2D eigenvalue weighted by Crippen LogP contribution is 2.20. The first-order valence-corrected chi connectivity index (χ1v) is 9.23. The van der Waals surface area contributed by atoms with Gasteiger partial charge in [-0.25, -0.2) is 4.79 Å². The topological polar surface area (TPSA) is 67.8 Å². The predicted octanol–water partition coefficient (Wildman–Crippen LogP) is 3.45. The van der Waals surface area contributed by atoms with Gasteiger partial charge in [-0.1, -0.05) is 29.8 Å². The van der Waals surface area contributed by atoms with E-state index in [4.69, 9.17) is 16.3 Å².